The summed E-state index contributed by atoms with van der Waals surface area (Å²) in [6.45, 7) is 0. The standard InChI is InChI=1S/C17H16O4/c1-21-17-10-12(7-9-15(17)19)6-8-14(18)11-16(20)13-4-2-3-5-13/h2-11,13,18-19H,1H3/b8-6+,14-11-. The summed E-state index contributed by atoms with van der Waals surface area (Å²) in [6.07, 6.45) is 11.4. The molecular formula is C17H16O4. The Bertz CT molecular complexity index is 639. The highest BCUT2D eigenvalue weighted by atomic mass is 16.5. The van der Waals surface area contributed by atoms with Gasteiger partial charge >= 0.3 is 0 Å². The number of ketones is 1. The molecule has 0 amide bonds. The SMILES string of the molecule is COc1cc(/C=C/C(O)=C/C(=O)C2C=CC=C2)ccc1O. The number of phenols is 1. The molecule has 1 aromatic carbocycles. The number of benzene rings is 1. The van der Waals surface area contributed by atoms with Crippen molar-refractivity contribution in [2.45, 2.75) is 0 Å². The van der Waals surface area contributed by atoms with Crippen LogP contribution < -0.4 is 4.74 Å². The Morgan fingerprint density at radius 1 is 1.29 bits per heavy atom. The van der Waals surface area contributed by atoms with Crippen LogP contribution in [0.3, 0.4) is 0 Å². The molecule has 0 bridgehead atoms. The summed E-state index contributed by atoms with van der Waals surface area (Å²) in [4.78, 5) is 11.8. The molecule has 0 saturated heterocycles. The van der Waals surface area contributed by atoms with E-state index in [2.05, 4.69) is 0 Å². The lowest BCUT2D eigenvalue weighted by Crippen LogP contribution is -2.05. The summed E-state index contributed by atoms with van der Waals surface area (Å²) in [5.41, 5.74) is 0.734. The van der Waals surface area contributed by atoms with E-state index in [0.29, 0.717) is 5.75 Å². The van der Waals surface area contributed by atoms with Crippen LogP contribution in [-0.4, -0.2) is 23.1 Å². The van der Waals surface area contributed by atoms with E-state index in [9.17, 15) is 15.0 Å². The van der Waals surface area contributed by atoms with Crippen molar-refractivity contribution >= 4 is 11.9 Å². The molecule has 4 nitrogen and oxygen atoms in total. The van der Waals surface area contributed by atoms with Gasteiger partial charge in [0.2, 0.25) is 0 Å². The fourth-order valence-electron chi connectivity index (χ4n) is 1.89. The minimum Gasteiger partial charge on any atom is -0.508 e. The molecule has 0 spiro atoms. The minimum atomic E-state index is -0.297. The first-order valence-electron chi connectivity index (χ1n) is 6.45. The molecule has 0 saturated carbocycles. The molecule has 4 heteroatoms. The van der Waals surface area contributed by atoms with Crippen molar-refractivity contribution in [3.8, 4) is 11.5 Å². The third-order valence-corrected chi connectivity index (χ3v) is 3.02. The lowest BCUT2D eigenvalue weighted by atomic mass is 10.1. The lowest BCUT2D eigenvalue weighted by molar-refractivity contribution is -0.115. The van der Waals surface area contributed by atoms with Crippen molar-refractivity contribution in [1.29, 1.82) is 0 Å². The van der Waals surface area contributed by atoms with E-state index < -0.39 is 0 Å². The predicted molar refractivity (Wildman–Crippen MR) is 81.2 cm³/mol. The number of aliphatic hydroxyl groups excluding tert-OH is 1. The summed E-state index contributed by atoms with van der Waals surface area (Å²) in [5.74, 6) is -0.206. The maximum Gasteiger partial charge on any atom is 0.169 e. The fourth-order valence-corrected chi connectivity index (χ4v) is 1.89. The Morgan fingerprint density at radius 2 is 2.00 bits per heavy atom. The molecule has 0 aromatic heterocycles. The second-order valence-corrected chi connectivity index (χ2v) is 4.53. The van der Waals surface area contributed by atoms with Gasteiger partial charge in [-0.05, 0) is 23.8 Å². The number of hydrogen-bond acceptors (Lipinski definition) is 4. The zero-order chi connectivity index (χ0) is 15.2. The molecule has 0 heterocycles. The van der Waals surface area contributed by atoms with E-state index >= 15 is 0 Å². The molecule has 0 fully saturated rings. The molecule has 2 rings (SSSR count). The molecule has 1 aromatic rings. The third kappa shape index (κ3) is 3.86. The van der Waals surface area contributed by atoms with Gasteiger partial charge in [-0.1, -0.05) is 36.4 Å². The number of phenolic OH excluding ortho intramolecular Hbond substituents is 1. The van der Waals surface area contributed by atoms with Gasteiger partial charge in [0.05, 0.1) is 13.0 Å². The first-order valence-corrected chi connectivity index (χ1v) is 6.45. The van der Waals surface area contributed by atoms with Crippen molar-refractivity contribution in [2.24, 2.45) is 5.92 Å². The first kappa shape index (κ1) is 14.7. The Kier molecular flexibility index (Phi) is 4.61. The van der Waals surface area contributed by atoms with E-state index in [1.54, 1.807) is 42.5 Å². The fraction of sp³-hybridized carbons (Fsp3) is 0.118. The van der Waals surface area contributed by atoms with Gasteiger partial charge in [0, 0.05) is 6.08 Å². The van der Waals surface area contributed by atoms with Crippen LogP contribution in [0.2, 0.25) is 0 Å². The van der Waals surface area contributed by atoms with Gasteiger partial charge in [0.25, 0.3) is 0 Å². The maximum atomic E-state index is 11.8. The van der Waals surface area contributed by atoms with Gasteiger partial charge < -0.3 is 14.9 Å². The van der Waals surface area contributed by atoms with Crippen molar-refractivity contribution in [3.63, 3.8) is 0 Å². The van der Waals surface area contributed by atoms with E-state index in [-0.39, 0.29) is 23.2 Å². The average Bonchev–Trinajstić information content (AvgIpc) is 3.00. The zero-order valence-electron chi connectivity index (χ0n) is 11.6. The van der Waals surface area contributed by atoms with Crippen molar-refractivity contribution < 1.29 is 19.7 Å². The Hall–Kier alpha value is -2.75. The Morgan fingerprint density at radius 3 is 2.67 bits per heavy atom. The molecule has 1 aliphatic carbocycles. The predicted octanol–water partition coefficient (Wildman–Crippen LogP) is 3.17. The molecule has 108 valence electrons. The third-order valence-electron chi connectivity index (χ3n) is 3.02. The van der Waals surface area contributed by atoms with Gasteiger partial charge in [-0.15, -0.1) is 0 Å². The van der Waals surface area contributed by atoms with Gasteiger partial charge in [0.1, 0.15) is 5.76 Å². The highest BCUT2D eigenvalue weighted by Gasteiger charge is 2.11. The molecule has 1 aliphatic rings. The number of hydrogen-bond donors (Lipinski definition) is 2. The van der Waals surface area contributed by atoms with Crippen molar-refractivity contribution in [3.05, 3.63) is 66.0 Å². The quantitative estimate of drug-likeness (QED) is 0.495. The topological polar surface area (TPSA) is 66.8 Å². The van der Waals surface area contributed by atoms with Crippen LogP contribution in [0.5, 0.6) is 11.5 Å². The average molecular weight is 284 g/mol. The van der Waals surface area contributed by atoms with Crippen LogP contribution in [0.4, 0.5) is 0 Å². The van der Waals surface area contributed by atoms with Gasteiger partial charge in [-0.2, -0.15) is 0 Å². The minimum absolute atomic E-state index is 0.0457. The molecule has 0 atom stereocenters. The number of methoxy groups -OCH3 is 1. The number of rotatable bonds is 5. The van der Waals surface area contributed by atoms with E-state index in [0.717, 1.165) is 5.56 Å². The number of allylic oxidation sites excluding steroid dienone is 6. The second-order valence-electron chi connectivity index (χ2n) is 4.53. The largest absolute Gasteiger partial charge is 0.508 e. The number of ether oxygens (including phenoxy) is 1. The van der Waals surface area contributed by atoms with Gasteiger partial charge in [-0.3, -0.25) is 4.79 Å². The highest BCUT2D eigenvalue weighted by Crippen LogP contribution is 2.26. The summed E-state index contributed by atoms with van der Waals surface area (Å²) in [6, 6.07) is 4.80. The van der Waals surface area contributed by atoms with Crippen LogP contribution in [0.15, 0.2) is 60.4 Å². The summed E-state index contributed by atoms with van der Waals surface area (Å²) in [7, 11) is 1.46. The molecular weight excluding hydrogens is 268 g/mol. The molecule has 0 unspecified atom stereocenters. The normalized spacial score (nSPS) is 15.0. The number of aliphatic hydroxyl groups is 1. The Labute approximate surface area is 123 Å². The highest BCUT2D eigenvalue weighted by molar-refractivity contribution is 5.95. The van der Waals surface area contributed by atoms with Crippen LogP contribution in [0.25, 0.3) is 6.08 Å². The maximum absolute atomic E-state index is 11.8. The first-order chi connectivity index (χ1) is 10.1. The van der Waals surface area contributed by atoms with Crippen LogP contribution in [-0.2, 0) is 4.79 Å². The molecule has 21 heavy (non-hydrogen) atoms. The summed E-state index contributed by atoms with van der Waals surface area (Å²) >= 11 is 0. The van der Waals surface area contributed by atoms with Crippen molar-refractivity contribution in [2.75, 3.05) is 7.11 Å². The zero-order valence-corrected chi connectivity index (χ0v) is 11.6. The van der Waals surface area contributed by atoms with Gasteiger partial charge in [-0.25, -0.2) is 0 Å². The lowest BCUT2D eigenvalue weighted by Gasteiger charge is -2.03. The van der Waals surface area contributed by atoms with Crippen molar-refractivity contribution in [1.82, 2.24) is 0 Å². The number of carbonyl (C=O) groups excluding carboxylic acids is 1. The second kappa shape index (κ2) is 6.61. The molecule has 0 radical (unpaired) electrons. The van der Waals surface area contributed by atoms with E-state index in [1.165, 1.54) is 25.3 Å². The van der Waals surface area contributed by atoms with Crippen LogP contribution >= 0.6 is 0 Å². The molecule has 2 N–H and O–H groups in total. The summed E-state index contributed by atoms with van der Waals surface area (Å²) < 4.78 is 4.99. The monoisotopic (exact) mass is 284 g/mol. The van der Waals surface area contributed by atoms with E-state index in [1.807, 2.05) is 0 Å². The van der Waals surface area contributed by atoms with Gasteiger partial charge in [0.15, 0.2) is 17.3 Å². The number of aromatic hydroxyl groups is 1. The Balaban J connectivity index is 2.07. The van der Waals surface area contributed by atoms with Crippen LogP contribution in [0, 0.1) is 5.92 Å². The summed E-state index contributed by atoms with van der Waals surface area (Å²) in [5, 5.41) is 19.2. The van der Waals surface area contributed by atoms with E-state index in [4.69, 9.17) is 4.74 Å². The van der Waals surface area contributed by atoms with Crippen LogP contribution in [0.1, 0.15) is 5.56 Å². The smallest absolute Gasteiger partial charge is 0.169 e. The number of carbonyl (C=O) groups is 1. The molecule has 0 aliphatic heterocycles.